The standard InChI is InChI=1S/C10H10N2O2/c1-13-8-5-6-11-10-7(8)3-4-9(12-10)14-2/h3-6H,1-2H3. The molecular formula is C10H10N2O2. The number of nitrogens with zero attached hydrogens (tertiary/aromatic N) is 2. The smallest absolute Gasteiger partial charge is 0.215 e. The molecule has 0 saturated heterocycles. The molecule has 2 aromatic rings. The van der Waals surface area contributed by atoms with Crippen molar-refractivity contribution in [3.63, 3.8) is 0 Å². The van der Waals surface area contributed by atoms with E-state index in [1.54, 1.807) is 32.5 Å². The van der Waals surface area contributed by atoms with E-state index in [1.807, 2.05) is 6.07 Å². The number of ether oxygens (including phenoxy) is 2. The van der Waals surface area contributed by atoms with Gasteiger partial charge in [0.1, 0.15) is 5.75 Å². The number of hydrogen-bond acceptors (Lipinski definition) is 4. The lowest BCUT2D eigenvalue weighted by atomic mass is 10.2. The summed E-state index contributed by atoms with van der Waals surface area (Å²) in [7, 11) is 3.20. The number of methoxy groups -OCH3 is 2. The first-order valence-corrected chi connectivity index (χ1v) is 4.19. The fourth-order valence-corrected chi connectivity index (χ4v) is 1.28. The van der Waals surface area contributed by atoms with E-state index in [0.717, 1.165) is 11.1 Å². The Labute approximate surface area is 81.5 Å². The van der Waals surface area contributed by atoms with Gasteiger partial charge in [-0.3, -0.25) is 0 Å². The van der Waals surface area contributed by atoms with Crippen molar-refractivity contribution in [2.75, 3.05) is 14.2 Å². The van der Waals surface area contributed by atoms with Gasteiger partial charge in [-0.1, -0.05) is 0 Å². The van der Waals surface area contributed by atoms with Gasteiger partial charge in [-0.15, -0.1) is 0 Å². The highest BCUT2D eigenvalue weighted by Gasteiger charge is 2.03. The molecule has 0 bridgehead atoms. The van der Waals surface area contributed by atoms with Crippen molar-refractivity contribution in [1.29, 1.82) is 0 Å². The fraction of sp³-hybridized carbons (Fsp3) is 0.200. The van der Waals surface area contributed by atoms with E-state index < -0.39 is 0 Å². The number of aromatic nitrogens is 2. The highest BCUT2D eigenvalue weighted by molar-refractivity contribution is 5.81. The lowest BCUT2D eigenvalue weighted by Crippen LogP contribution is -1.92. The van der Waals surface area contributed by atoms with Crippen molar-refractivity contribution in [1.82, 2.24) is 9.97 Å². The Morgan fingerprint density at radius 1 is 1.07 bits per heavy atom. The summed E-state index contributed by atoms with van der Waals surface area (Å²) in [5, 5.41) is 0.885. The summed E-state index contributed by atoms with van der Waals surface area (Å²) >= 11 is 0. The van der Waals surface area contributed by atoms with Gasteiger partial charge in [0.25, 0.3) is 0 Å². The third-order valence-corrected chi connectivity index (χ3v) is 1.97. The highest BCUT2D eigenvalue weighted by atomic mass is 16.5. The Bertz CT molecular complexity index is 457. The van der Waals surface area contributed by atoms with Gasteiger partial charge in [0, 0.05) is 12.3 Å². The molecule has 0 fully saturated rings. The van der Waals surface area contributed by atoms with Gasteiger partial charge in [0.15, 0.2) is 5.65 Å². The zero-order valence-corrected chi connectivity index (χ0v) is 8.02. The summed E-state index contributed by atoms with van der Waals surface area (Å²) in [6.45, 7) is 0. The molecule has 2 aromatic heterocycles. The molecule has 0 aliphatic heterocycles. The molecule has 4 heteroatoms. The Morgan fingerprint density at radius 3 is 2.64 bits per heavy atom. The van der Waals surface area contributed by atoms with Gasteiger partial charge in [0.2, 0.25) is 5.88 Å². The number of pyridine rings is 2. The third kappa shape index (κ3) is 1.35. The molecule has 0 aliphatic carbocycles. The maximum Gasteiger partial charge on any atom is 0.215 e. The van der Waals surface area contributed by atoms with Gasteiger partial charge in [0.05, 0.1) is 19.6 Å². The molecule has 2 rings (SSSR count). The third-order valence-electron chi connectivity index (χ3n) is 1.97. The average Bonchev–Trinajstić information content (AvgIpc) is 2.27. The van der Waals surface area contributed by atoms with E-state index in [9.17, 15) is 0 Å². The van der Waals surface area contributed by atoms with E-state index >= 15 is 0 Å². The second-order valence-corrected chi connectivity index (χ2v) is 2.74. The largest absolute Gasteiger partial charge is 0.496 e. The van der Waals surface area contributed by atoms with Crippen LogP contribution in [0.2, 0.25) is 0 Å². The minimum atomic E-state index is 0.554. The lowest BCUT2D eigenvalue weighted by molar-refractivity contribution is 0.398. The first kappa shape index (κ1) is 8.74. The fourth-order valence-electron chi connectivity index (χ4n) is 1.28. The minimum Gasteiger partial charge on any atom is -0.496 e. The van der Waals surface area contributed by atoms with E-state index in [4.69, 9.17) is 9.47 Å². The van der Waals surface area contributed by atoms with Crippen LogP contribution in [-0.2, 0) is 0 Å². The topological polar surface area (TPSA) is 44.2 Å². The van der Waals surface area contributed by atoms with Crippen molar-refractivity contribution in [2.45, 2.75) is 0 Å². The van der Waals surface area contributed by atoms with Crippen molar-refractivity contribution in [2.24, 2.45) is 0 Å². The first-order chi connectivity index (χ1) is 6.85. The Balaban J connectivity index is 2.67. The van der Waals surface area contributed by atoms with E-state index in [-0.39, 0.29) is 0 Å². The first-order valence-electron chi connectivity index (χ1n) is 4.19. The number of rotatable bonds is 2. The molecule has 0 radical (unpaired) electrons. The molecular weight excluding hydrogens is 180 g/mol. The molecule has 0 aromatic carbocycles. The number of hydrogen-bond donors (Lipinski definition) is 0. The highest BCUT2D eigenvalue weighted by Crippen LogP contribution is 2.23. The summed E-state index contributed by atoms with van der Waals surface area (Å²) < 4.78 is 10.2. The molecule has 0 N–H and O–H groups in total. The molecule has 14 heavy (non-hydrogen) atoms. The van der Waals surface area contributed by atoms with Crippen molar-refractivity contribution >= 4 is 11.0 Å². The van der Waals surface area contributed by atoms with Gasteiger partial charge in [-0.25, -0.2) is 4.98 Å². The van der Waals surface area contributed by atoms with Gasteiger partial charge in [-0.05, 0) is 12.1 Å². The van der Waals surface area contributed by atoms with Crippen LogP contribution in [0, 0.1) is 0 Å². The predicted octanol–water partition coefficient (Wildman–Crippen LogP) is 1.65. The quantitative estimate of drug-likeness (QED) is 0.722. The number of fused-ring (bicyclic) bond motifs is 1. The Kier molecular flexibility index (Phi) is 2.18. The molecule has 0 spiro atoms. The maximum absolute atomic E-state index is 5.18. The van der Waals surface area contributed by atoms with Crippen molar-refractivity contribution < 1.29 is 9.47 Å². The van der Waals surface area contributed by atoms with Crippen LogP contribution in [0.25, 0.3) is 11.0 Å². The second kappa shape index (κ2) is 3.49. The van der Waals surface area contributed by atoms with Crippen LogP contribution in [-0.4, -0.2) is 24.2 Å². The van der Waals surface area contributed by atoms with Crippen LogP contribution >= 0.6 is 0 Å². The zero-order chi connectivity index (χ0) is 9.97. The molecule has 0 unspecified atom stereocenters. The molecule has 2 heterocycles. The van der Waals surface area contributed by atoms with Crippen LogP contribution < -0.4 is 9.47 Å². The summed E-state index contributed by atoms with van der Waals surface area (Å²) in [4.78, 5) is 8.32. The molecule has 0 atom stereocenters. The van der Waals surface area contributed by atoms with Gasteiger partial charge >= 0.3 is 0 Å². The van der Waals surface area contributed by atoms with E-state index in [2.05, 4.69) is 9.97 Å². The lowest BCUT2D eigenvalue weighted by Gasteiger charge is -2.04. The second-order valence-electron chi connectivity index (χ2n) is 2.74. The van der Waals surface area contributed by atoms with Gasteiger partial charge < -0.3 is 9.47 Å². The molecule has 0 aliphatic rings. The summed E-state index contributed by atoms with van der Waals surface area (Å²) in [6.07, 6.45) is 1.66. The SMILES string of the molecule is COc1ccc2c(OC)ccnc2n1. The normalized spacial score (nSPS) is 10.1. The molecule has 4 nitrogen and oxygen atoms in total. The minimum absolute atomic E-state index is 0.554. The Morgan fingerprint density at radius 2 is 1.93 bits per heavy atom. The van der Waals surface area contributed by atoms with Crippen LogP contribution in [0.4, 0.5) is 0 Å². The Hall–Kier alpha value is -1.84. The van der Waals surface area contributed by atoms with Gasteiger partial charge in [-0.2, -0.15) is 4.98 Å². The summed E-state index contributed by atoms with van der Waals surface area (Å²) in [6, 6.07) is 5.47. The van der Waals surface area contributed by atoms with E-state index in [0.29, 0.717) is 11.5 Å². The maximum atomic E-state index is 5.18. The average molecular weight is 190 g/mol. The van der Waals surface area contributed by atoms with Crippen LogP contribution in [0.5, 0.6) is 11.6 Å². The predicted molar refractivity (Wildman–Crippen MR) is 52.6 cm³/mol. The zero-order valence-electron chi connectivity index (χ0n) is 8.02. The monoisotopic (exact) mass is 190 g/mol. The molecule has 0 amide bonds. The van der Waals surface area contributed by atoms with Crippen LogP contribution in [0.1, 0.15) is 0 Å². The molecule has 72 valence electrons. The van der Waals surface area contributed by atoms with Crippen LogP contribution in [0.15, 0.2) is 24.4 Å². The molecule has 0 saturated carbocycles. The summed E-state index contributed by atoms with van der Waals surface area (Å²) in [5.41, 5.74) is 0.628. The van der Waals surface area contributed by atoms with Crippen LogP contribution in [0.3, 0.4) is 0 Å². The van der Waals surface area contributed by atoms with Crippen molar-refractivity contribution in [3.8, 4) is 11.6 Å². The van der Waals surface area contributed by atoms with E-state index in [1.165, 1.54) is 0 Å². The summed E-state index contributed by atoms with van der Waals surface area (Å²) in [5.74, 6) is 1.32. The van der Waals surface area contributed by atoms with Crippen molar-refractivity contribution in [3.05, 3.63) is 24.4 Å².